The first kappa shape index (κ1) is 25.8. The molecule has 0 bridgehead atoms. The third-order valence-electron chi connectivity index (χ3n) is 6.51. The fourth-order valence-corrected chi connectivity index (χ4v) is 5.26. The van der Waals surface area contributed by atoms with Crippen molar-refractivity contribution < 1.29 is 13.2 Å². The lowest BCUT2D eigenvalue weighted by Gasteiger charge is -2.31. The monoisotopic (exact) mass is 526 g/mol. The van der Waals surface area contributed by atoms with Crippen LogP contribution < -0.4 is 20.9 Å². The van der Waals surface area contributed by atoms with E-state index in [1.807, 2.05) is 14.1 Å². The predicted octanol–water partition coefficient (Wildman–Crippen LogP) is 5.80. The van der Waals surface area contributed by atoms with Crippen molar-refractivity contribution >= 4 is 46.4 Å². The molecule has 0 spiro atoms. The van der Waals surface area contributed by atoms with Gasteiger partial charge in [0.25, 0.3) is 0 Å². The minimum absolute atomic E-state index is 0.143. The van der Waals surface area contributed by atoms with E-state index in [9.17, 15) is 13.2 Å². The predicted molar refractivity (Wildman–Crippen MR) is 138 cm³/mol. The van der Waals surface area contributed by atoms with Gasteiger partial charge >= 0.3 is 6.18 Å². The molecule has 1 heterocycles. The number of anilines is 3. The maximum Gasteiger partial charge on any atom is 0.417 e. The van der Waals surface area contributed by atoms with Gasteiger partial charge in [-0.25, -0.2) is 4.98 Å². The van der Waals surface area contributed by atoms with E-state index in [-0.39, 0.29) is 22.8 Å². The van der Waals surface area contributed by atoms with E-state index in [0.29, 0.717) is 11.1 Å². The van der Waals surface area contributed by atoms with Crippen LogP contribution in [0.5, 0.6) is 0 Å². The number of benzene rings is 1. The largest absolute Gasteiger partial charge is 0.417 e. The van der Waals surface area contributed by atoms with E-state index in [1.165, 1.54) is 24.1 Å². The van der Waals surface area contributed by atoms with E-state index in [0.717, 1.165) is 62.5 Å². The van der Waals surface area contributed by atoms with Crippen LogP contribution in [0.15, 0.2) is 18.2 Å². The second-order valence-corrected chi connectivity index (χ2v) is 10.2. The summed E-state index contributed by atoms with van der Waals surface area (Å²) in [6.45, 7) is 0. The molecule has 2 aromatic rings. The highest BCUT2D eigenvalue weighted by Crippen LogP contribution is 2.36. The Balaban J connectivity index is 1.30. The van der Waals surface area contributed by atoms with Gasteiger partial charge < -0.3 is 20.9 Å². The molecule has 0 atom stereocenters. The summed E-state index contributed by atoms with van der Waals surface area (Å²) in [4.78, 5) is 11.7. The molecular weight excluding hydrogens is 497 g/mol. The van der Waals surface area contributed by atoms with Crippen molar-refractivity contribution in [2.24, 2.45) is 0 Å². The minimum Gasteiger partial charge on any atom is -0.362 e. The standard InChI is InChI=1S/C24H30ClF3N6S/c1-34(2)21-17-5-3-4-6-20(17)32-22(33-21)29-14-7-9-15(10-8-14)30-23(35)31-16-11-12-19(25)18(13-16)24(26,27)28/h11-15H,3-10H2,1-2H3,(H,29,32,33)(H2,30,31,35)/t14-,15+. The molecule has 3 N–H and O–H groups in total. The van der Waals surface area contributed by atoms with Gasteiger partial charge in [-0.2, -0.15) is 18.2 Å². The fraction of sp³-hybridized carbons (Fsp3) is 0.542. The van der Waals surface area contributed by atoms with Crippen LogP contribution in [0.4, 0.5) is 30.6 Å². The molecule has 0 radical (unpaired) electrons. The number of nitrogens with zero attached hydrogens (tertiary/aromatic N) is 3. The van der Waals surface area contributed by atoms with E-state index < -0.39 is 11.7 Å². The molecule has 1 aromatic heterocycles. The first-order valence-electron chi connectivity index (χ1n) is 11.9. The Morgan fingerprint density at radius 2 is 1.74 bits per heavy atom. The zero-order valence-electron chi connectivity index (χ0n) is 19.8. The second-order valence-electron chi connectivity index (χ2n) is 9.38. The summed E-state index contributed by atoms with van der Waals surface area (Å²) in [5.41, 5.74) is 1.78. The van der Waals surface area contributed by atoms with Crippen molar-refractivity contribution in [3.8, 4) is 0 Å². The van der Waals surface area contributed by atoms with Crippen molar-refractivity contribution in [1.82, 2.24) is 15.3 Å². The summed E-state index contributed by atoms with van der Waals surface area (Å²) in [5.74, 6) is 1.69. The first-order valence-corrected chi connectivity index (χ1v) is 12.7. The normalized spacial score (nSPS) is 20.1. The van der Waals surface area contributed by atoms with Crippen molar-refractivity contribution in [3.63, 3.8) is 0 Å². The SMILES string of the molecule is CN(C)c1nc(N[C@H]2CC[C@@H](NC(=S)Nc3ccc(Cl)c(C(F)(F)F)c3)CC2)nc2c1CCCC2. The van der Waals surface area contributed by atoms with Gasteiger partial charge in [-0.3, -0.25) is 0 Å². The van der Waals surface area contributed by atoms with Gasteiger partial charge in [-0.1, -0.05) is 11.6 Å². The minimum atomic E-state index is -4.52. The van der Waals surface area contributed by atoms with Gasteiger partial charge in [0.15, 0.2) is 5.11 Å². The van der Waals surface area contributed by atoms with Crippen LogP contribution in [0.3, 0.4) is 0 Å². The van der Waals surface area contributed by atoms with Crippen LogP contribution in [0.1, 0.15) is 55.3 Å². The number of halogens is 4. The van der Waals surface area contributed by atoms with E-state index in [2.05, 4.69) is 20.9 Å². The molecule has 0 amide bonds. The third kappa shape index (κ3) is 6.46. The Bertz CT molecular complexity index is 1070. The van der Waals surface area contributed by atoms with E-state index in [4.69, 9.17) is 33.8 Å². The maximum absolute atomic E-state index is 13.1. The number of aromatic nitrogens is 2. The molecular formula is C24H30ClF3N6S. The number of thiocarbonyl (C=S) groups is 1. The van der Waals surface area contributed by atoms with Crippen molar-refractivity contribution in [3.05, 3.63) is 40.0 Å². The molecule has 2 aliphatic rings. The molecule has 190 valence electrons. The number of fused-ring (bicyclic) bond motifs is 1. The van der Waals surface area contributed by atoms with Crippen molar-refractivity contribution in [1.29, 1.82) is 0 Å². The van der Waals surface area contributed by atoms with Gasteiger partial charge in [-0.15, -0.1) is 0 Å². The number of aryl methyl sites for hydroxylation is 1. The Labute approximate surface area is 214 Å². The topological polar surface area (TPSA) is 65.1 Å². The van der Waals surface area contributed by atoms with Crippen molar-refractivity contribution in [2.45, 2.75) is 69.6 Å². The van der Waals surface area contributed by atoms with Crippen LogP contribution in [-0.2, 0) is 19.0 Å². The molecule has 11 heteroatoms. The highest BCUT2D eigenvalue weighted by Gasteiger charge is 2.33. The average molecular weight is 527 g/mol. The molecule has 1 saturated carbocycles. The van der Waals surface area contributed by atoms with Gasteiger partial charge in [-0.05, 0) is 81.8 Å². The second kappa shape index (κ2) is 10.7. The highest BCUT2D eigenvalue weighted by molar-refractivity contribution is 7.80. The Morgan fingerprint density at radius 1 is 1.06 bits per heavy atom. The summed E-state index contributed by atoms with van der Waals surface area (Å²) in [7, 11) is 4.03. The zero-order chi connectivity index (χ0) is 25.2. The van der Waals surface area contributed by atoms with Crippen LogP contribution in [0, 0.1) is 0 Å². The Kier molecular flexibility index (Phi) is 7.90. The smallest absolute Gasteiger partial charge is 0.362 e. The van der Waals surface area contributed by atoms with Crippen LogP contribution in [0.25, 0.3) is 0 Å². The lowest BCUT2D eigenvalue weighted by molar-refractivity contribution is -0.137. The fourth-order valence-electron chi connectivity index (χ4n) is 4.75. The van der Waals surface area contributed by atoms with Gasteiger partial charge in [0.1, 0.15) is 5.82 Å². The van der Waals surface area contributed by atoms with E-state index >= 15 is 0 Å². The Morgan fingerprint density at radius 3 is 2.43 bits per heavy atom. The summed E-state index contributed by atoms with van der Waals surface area (Å²) in [6, 6.07) is 4.07. The van der Waals surface area contributed by atoms with Crippen LogP contribution in [-0.4, -0.2) is 41.3 Å². The maximum atomic E-state index is 13.1. The number of hydrogen-bond acceptors (Lipinski definition) is 5. The van der Waals surface area contributed by atoms with Gasteiger partial charge in [0.05, 0.1) is 16.3 Å². The number of alkyl halides is 3. The van der Waals surface area contributed by atoms with Crippen LogP contribution in [0.2, 0.25) is 5.02 Å². The molecule has 0 saturated heterocycles. The molecule has 1 aromatic carbocycles. The number of hydrogen-bond donors (Lipinski definition) is 3. The van der Waals surface area contributed by atoms with Gasteiger partial charge in [0.2, 0.25) is 5.95 Å². The first-order chi connectivity index (χ1) is 16.6. The zero-order valence-corrected chi connectivity index (χ0v) is 21.4. The summed E-state index contributed by atoms with van der Waals surface area (Å²) in [5, 5.41) is 9.56. The Hall–Kier alpha value is -2.33. The van der Waals surface area contributed by atoms with Crippen molar-refractivity contribution in [2.75, 3.05) is 29.6 Å². The quantitative estimate of drug-likeness (QED) is 0.425. The molecule has 35 heavy (non-hydrogen) atoms. The highest BCUT2D eigenvalue weighted by atomic mass is 35.5. The molecule has 2 aliphatic carbocycles. The number of nitrogens with one attached hydrogen (secondary N) is 3. The average Bonchev–Trinajstić information content (AvgIpc) is 2.80. The molecule has 6 nitrogen and oxygen atoms in total. The van der Waals surface area contributed by atoms with E-state index in [1.54, 1.807) is 0 Å². The third-order valence-corrected chi connectivity index (χ3v) is 7.06. The lowest BCUT2D eigenvalue weighted by Crippen LogP contribution is -2.42. The molecule has 4 rings (SSSR count). The summed E-state index contributed by atoms with van der Waals surface area (Å²) >= 11 is 11.0. The van der Waals surface area contributed by atoms with Crippen LogP contribution >= 0.6 is 23.8 Å². The molecule has 1 fully saturated rings. The van der Waals surface area contributed by atoms with Gasteiger partial charge in [0, 0.05) is 37.4 Å². The lowest BCUT2D eigenvalue weighted by atomic mass is 9.91. The molecule has 0 unspecified atom stereocenters. The molecule has 0 aliphatic heterocycles. The summed E-state index contributed by atoms with van der Waals surface area (Å²) < 4.78 is 39.3. The number of rotatable bonds is 5. The summed E-state index contributed by atoms with van der Waals surface area (Å²) in [6.07, 6.45) is 3.42.